The van der Waals surface area contributed by atoms with Crippen molar-refractivity contribution in [2.75, 3.05) is 0 Å². The van der Waals surface area contributed by atoms with Crippen molar-refractivity contribution in [3.05, 3.63) is 29.2 Å². The van der Waals surface area contributed by atoms with Crippen LogP contribution in [0, 0.1) is 0 Å². The van der Waals surface area contributed by atoms with E-state index < -0.39 is 0 Å². The molecule has 4 nitrogen and oxygen atoms in total. The van der Waals surface area contributed by atoms with Gasteiger partial charge in [0.05, 0.1) is 6.54 Å². The molecular formula is C12H15ClN4. The van der Waals surface area contributed by atoms with E-state index in [1.807, 2.05) is 22.7 Å². The zero-order chi connectivity index (χ0) is 11.7. The fourth-order valence-corrected chi connectivity index (χ4v) is 2.56. The summed E-state index contributed by atoms with van der Waals surface area (Å²) in [7, 11) is 0. The van der Waals surface area contributed by atoms with E-state index in [-0.39, 0.29) is 0 Å². The average molecular weight is 251 g/mol. The van der Waals surface area contributed by atoms with Crippen LogP contribution in [0.4, 0.5) is 0 Å². The predicted molar refractivity (Wildman–Crippen MR) is 67.1 cm³/mol. The van der Waals surface area contributed by atoms with Gasteiger partial charge >= 0.3 is 0 Å². The van der Waals surface area contributed by atoms with Crippen LogP contribution < -0.4 is 5.32 Å². The quantitative estimate of drug-likeness (QED) is 0.910. The molecule has 1 aliphatic rings. The first kappa shape index (κ1) is 11.0. The maximum absolute atomic E-state index is 5.91. The standard InChI is InChI=1S/C12H15ClN4/c13-9-5-6-17-11(7-9)15-16-12(17)8-14-10-3-1-2-4-10/h5-7,10,14H,1-4,8H2. The molecule has 5 heteroatoms. The van der Waals surface area contributed by atoms with Crippen molar-refractivity contribution in [1.82, 2.24) is 19.9 Å². The third-order valence-electron chi connectivity index (χ3n) is 3.35. The number of hydrogen-bond donors (Lipinski definition) is 1. The first-order valence-corrected chi connectivity index (χ1v) is 6.43. The van der Waals surface area contributed by atoms with Gasteiger partial charge in [-0.25, -0.2) is 0 Å². The van der Waals surface area contributed by atoms with Gasteiger partial charge < -0.3 is 5.32 Å². The summed E-state index contributed by atoms with van der Waals surface area (Å²) in [5, 5.41) is 12.5. The Hall–Kier alpha value is -1.13. The van der Waals surface area contributed by atoms with Crippen molar-refractivity contribution in [2.24, 2.45) is 0 Å². The van der Waals surface area contributed by atoms with Crippen molar-refractivity contribution in [2.45, 2.75) is 38.3 Å². The number of pyridine rings is 1. The zero-order valence-electron chi connectivity index (χ0n) is 9.56. The van der Waals surface area contributed by atoms with Gasteiger partial charge in [0, 0.05) is 23.3 Å². The van der Waals surface area contributed by atoms with E-state index in [0.29, 0.717) is 11.1 Å². The van der Waals surface area contributed by atoms with E-state index in [9.17, 15) is 0 Å². The van der Waals surface area contributed by atoms with Crippen molar-refractivity contribution >= 4 is 17.2 Å². The molecule has 0 aromatic carbocycles. The minimum Gasteiger partial charge on any atom is -0.307 e. The minimum absolute atomic E-state index is 0.648. The predicted octanol–water partition coefficient (Wildman–Crippen LogP) is 2.41. The highest BCUT2D eigenvalue weighted by atomic mass is 35.5. The molecule has 0 spiro atoms. The molecule has 0 saturated heterocycles. The summed E-state index contributed by atoms with van der Waals surface area (Å²) in [6.45, 7) is 0.771. The van der Waals surface area contributed by atoms with Crippen LogP contribution in [-0.4, -0.2) is 20.6 Å². The van der Waals surface area contributed by atoms with Crippen LogP contribution in [0.5, 0.6) is 0 Å². The van der Waals surface area contributed by atoms with Gasteiger partial charge in [0.2, 0.25) is 0 Å². The Morgan fingerprint density at radius 2 is 2.18 bits per heavy atom. The van der Waals surface area contributed by atoms with Crippen LogP contribution in [0.2, 0.25) is 5.02 Å². The van der Waals surface area contributed by atoms with Gasteiger partial charge in [-0.2, -0.15) is 0 Å². The molecule has 0 amide bonds. The van der Waals surface area contributed by atoms with Gasteiger partial charge in [-0.3, -0.25) is 4.40 Å². The second-order valence-corrected chi connectivity index (χ2v) is 4.99. The molecule has 0 unspecified atom stereocenters. The maximum atomic E-state index is 5.91. The number of fused-ring (bicyclic) bond motifs is 1. The lowest BCUT2D eigenvalue weighted by molar-refractivity contribution is 0.512. The molecule has 90 valence electrons. The topological polar surface area (TPSA) is 42.2 Å². The van der Waals surface area contributed by atoms with Gasteiger partial charge in [0.15, 0.2) is 11.5 Å². The SMILES string of the molecule is Clc1ccn2c(CNC3CCCC3)nnc2c1. The van der Waals surface area contributed by atoms with Crippen LogP contribution in [0.25, 0.3) is 5.65 Å². The van der Waals surface area contributed by atoms with E-state index in [1.54, 1.807) is 0 Å². The molecule has 0 radical (unpaired) electrons. The molecule has 2 aromatic rings. The first-order valence-electron chi connectivity index (χ1n) is 6.05. The highest BCUT2D eigenvalue weighted by Gasteiger charge is 2.15. The highest BCUT2D eigenvalue weighted by Crippen LogP contribution is 2.18. The van der Waals surface area contributed by atoms with E-state index in [1.165, 1.54) is 25.7 Å². The fourth-order valence-electron chi connectivity index (χ4n) is 2.40. The molecule has 0 bridgehead atoms. The third-order valence-corrected chi connectivity index (χ3v) is 3.58. The van der Waals surface area contributed by atoms with Crippen molar-refractivity contribution < 1.29 is 0 Å². The molecule has 3 rings (SSSR count). The van der Waals surface area contributed by atoms with E-state index in [0.717, 1.165) is 18.0 Å². The van der Waals surface area contributed by atoms with E-state index in [2.05, 4.69) is 15.5 Å². The number of hydrogen-bond acceptors (Lipinski definition) is 3. The molecule has 17 heavy (non-hydrogen) atoms. The van der Waals surface area contributed by atoms with Gasteiger partial charge in [-0.15, -0.1) is 10.2 Å². The molecule has 0 aliphatic heterocycles. The molecule has 0 atom stereocenters. The molecule has 2 aromatic heterocycles. The number of halogens is 1. The summed E-state index contributed by atoms with van der Waals surface area (Å²) >= 11 is 5.91. The molecular weight excluding hydrogens is 236 g/mol. The second-order valence-electron chi connectivity index (χ2n) is 4.55. The Labute approximate surface area is 105 Å². The normalized spacial score (nSPS) is 17.0. The maximum Gasteiger partial charge on any atom is 0.162 e. The summed E-state index contributed by atoms with van der Waals surface area (Å²) in [5.74, 6) is 0.948. The lowest BCUT2D eigenvalue weighted by Crippen LogP contribution is -2.26. The van der Waals surface area contributed by atoms with Crippen LogP contribution in [-0.2, 0) is 6.54 Å². The van der Waals surface area contributed by atoms with Crippen molar-refractivity contribution in [1.29, 1.82) is 0 Å². The van der Waals surface area contributed by atoms with Crippen LogP contribution in [0.1, 0.15) is 31.5 Å². The van der Waals surface area contributed by atoms with Crippen molar-refractivity contribution in [3.63, 3.8) is 0 Å². The van der Waals surface area contributed by atoms with Crippen LogP contribution >= 0.6 is 11.6 Å². The summed E-state index contributed by atoms with van der Waals surface area (Å²) in [4.78, 5) is 0. The minimum atomic E-state index is 0.648. The zero-order valence-corrected chi connectivity index (χ0v) is 10.3. The number of aromatic nitrogens is 3. The third kappa shape index (κ3) is 2.28. The Kier molecular flexibility index (Phi) is 2.99. The fraction of sp³-hybridized carbons (Fsp3) is 0.500. The lowest BCUT2D eigenvalue weighted by Gasteiger charge is -2.10. The van der Waals surface area contributed by atoms with Crippen molar-refractivity contribution in [3.8, 4) is 0 Å². The van der Waals surface area contributed by atoms with Crippen LogP contribution in [0.3, 0.4) is 0 Å². The molecule has 1 N–H and O–H groups in total. The number of nitrogens with zero attached hydrogens (tertiary/aromatic N) is 3. The summed E-state index contributed by atoms with van der Waals surface area (Å²) < 4.78 is 1.98. The summed E-state index contributed by atoms with van der Waals surface area (Å²) in [6.07, 6.45) is 7.16. The molecule has 1 fully saturated rings. The first-order chi connectivity index (χ1) is 8.33. The van der Waals surface area contributed by atoms with Gasteiger partial charge in [0.1, 0.15) is 0 Å². The van der Waals surface area contributed by atoms with E-state index in [4.69, 9.17) is 11.6 Å². The summed E-state index contributed by atoms with van der Waals surface area (Å²) in [6, 6.07) is 4.33. The molecule has 1 aliphatic carbocycles. The Morgan fingerprint density at radius 3 is 3.00 bits per heavy atom. The molecule has 1 saturated carbocycles. The van der Waals surface area contributed by atoms with Gasteiger partial charge in [0.25, 0.3) is 0 Å². The van der Waals surface area contributed by atoms with Crippen LogP contribution in [0.15, 0.2) is 18.3 Å². The Balaban J connectivity index is 1.76. The average Bonchev–Trinajstić information content (AvgIpc) is 2.94. The largest absolute Gasteiger partial charge is 0.307 e. The smallest absolute Gasteiger partial charge is 0.162 e. The number of rotatable bonds is 3. The molecule has 2 heterocycles. The summed E-state index contributed by atoms with van der Waals surface area (Å²) in [5.41, 5.74) is 0.806. The van der Waals surface area contributed by atoms with E-state index >= 15 is 0 Å². The lowest BCUT2D eigenvalue weighted by atomic mass is 10.2. The van der Waals surface area contributed by atoms with Gasteiger partial charge in [-0.05, 0) is 18.9 Å². The number of nitrogens with one attached hydrogen (secondary N) is 1. The Morgan fingerprint density at radius 1 is 1.35 bits per heavy atom. The highest BCUT2D eigenvalue weighted by molar-refractivity contribution is 6.30. The second kappa shape index (κ2) is 4.63. The van der Waals surface area contributed by atoms with Gasteiger partial charge in [-0.1, -0.05) is 24.4 Å². The monoisotopic (exact) mass is 250 g/mol. The Bertz CT molecular complexity index is 516.